The highest BCUT2D eigenvalue weighted by Crippen LogP contribution is 2.29. The molecule has 1 aliphatic heterocycles. The van der Waals surface area contributed by atoms with Gasteiger partial charge in [0.2, 0.25) is 0 Å². The summed E-state index contributed by atoms with van der Waals surface area (Å²) in [7, 11) is 0. The molecule has 1 aliphatic rings. The molecule has 9 heteroatoms. The van der Waals surface area contributed by atoms with Gasteiger partial charge in [-0.25, -0.2) is 9.97 Å². The lowest BCUT2D eigenvalue weighted by Gasteiger charge is -2.34. The maximum atomic E-state index is 12.6. The van der Waals surface area contributed by atoms with Crippen LogP contribution < -0.4 is 10.2 Å². The van der Waals surface area contributed by atoms with Crippen molar-refractivity contribution in [1.82, 2.24) is 25.5 Å². The molecule has 25 heavy (non-hydrogen) atoms. The predicted molar refractivity (Wildman–Crippen MR) is 87.1 cm³/mol. The van der Waals surface area contributed by atoms with Gasteiger partial charge in [0.15, 0.2) is 5.82 Å². The second-order valence-corrected chi connectivity index (χ2v) is 6.33. The van der Waals surface area contributed by atoms with E-state index < -0.39 is 11.7 Å². The molecule has 0 saturated carbocycles. The van der Waals surface area contributed by atoms with E-state index in [4.69, 9.17) is 0 Å². The average molecular weight is 354 g/mol. The quantitative estimate of drug-likeness (QED) is 0.884. The van der Waals surface area contributed by atoms with Crippen LogP contribution in [0.5, 0.6) is 0 Å². The number of alkyl halides is 3. The van der Waals surface area contributed by atoms with Crippen LogP contribution in [0, 0.1) is 6.92 Å². The van der Waals surface area contributed by atoms with Crippen molar-refractivity contribution < 1.29 is 13.2 Å². The first-order chi connectivity index (χ1) is 11.8. The highest BCUT2D eigenvalue weighted by Gasteiger charge is 2.31. The van der Waals surface area contributed by atoms with Crippen LogP contribution in [0.15, 0.2) is 18.3 Å². The topological polar surface area (TPSA) is 69.7 Å². The lowest BCUT2D eigenvalue weighted by atomic mass is 10.0. The van der Waals surface area contributed by atoms with Gasteiger partial charge in [0.1, 0.15) is 11.6 Å². The van der Waals surface area contributed by atoms with Gasteiger partial charge in [-0.1, -0.05) is 0 Å². The minimum absolute atomic E-state index is 0.0469. The number of nitrogens with one attached hydrogen (secondary N) is 2. The Kier molecular flexibility index (Phi) is 4.94. The van der Waals surface area contributed by atoms with Crippen molar-refractivity contribution in [1.29, 1.82) is 0 Å². The van der Waals surface area contributed by atoms with Crippen molar-refractivity contribution in [2.45, 2.75) is 44.9 Å². The standard InChI is InChI=1S/C16H21F3N6/c1-10(15-22-11(2)23-24-15)21-13-5-7-25(8-6-13)14-4-3-12(9-20-14)16(17,18)19/h3-4,9-10,13,21H,5-8H2,1-2H3,(H,22,23,24). The van der Waals surface area contributed by atoms with Crippen molar-refractivity contribution >= 4 is 5.82 Å². The monoisotopic (exact) mass is 354 g/mol. The summed E-state index contributed by atoms with van der Waals surface area (Å²) in [6, 6.07) is 2.89. The molecule has 1 unspecified atom stereocenters. The summed E-state index contributed by atoms with van der Waals surface area (Å²) in [5, 5.41) is 10.5. The number of piperidine rings is 1. The summed E-state index contributed by atoms with van der Waals surface area (Å²) in [4.78, 5) is 10.3. The summed E-state index contributed by atoms with van der Waals surface area (Å²) >= 11 is 0. The molecular weight excluding hydrogens is 333 g/mol. The molecule has 2 N–H and O–H groups in total. The van der Waals surface area contributed by atoms with E-state index in [-0.39, 0.29) is 6.04 Å². The number of aromatic nitrogens is 4. The minimum atomic E-state index is -4.35. The molecule has 0 bridgehead atoms. The van der Waals surface area contributed by atoms with Crippen LogP contribution in [0.4, 0.5) is 19.0 Å². The van der Waals surface area contributed by atoms with Crippen LogP contribution in [0.3, 0.4) is 0 Å². The third kappa shape index (κ3) is 4.28. The van der Waals surface area contributed by atoms with Gasteiger partial charge in [0, 0.05) is 25.3 Å². The van der Waals surface area contributed by atoms with E-state index in [0.29, 0.717) is 11.9 Å². The highest BCUT2D eigenvalue weighted by atomic mass is 19.4. The maximum Gasteiger partial charge on any atom is 0.417 e. The Hall–Kier alpha value is -2.16. The fraction of sp³-hybridized carbons (Fsp3) is 0.562. The summed E-state index contributed by atoms with van der Waals surface area (Å²) in [6.45, 7) is 5.37. The Bertz CT molecular complexity index is 689. The number of H-pyrrole nitrogens is 1. The second-order valence-electron chi connectivity index (χ2n) is 6.33. The van der Waals surface area contributed by atoms with Crippen LogP contribution in [0.25, 0.3) is 0 Å². The molecule has 0 aliphatic carbocycles. The predicted octanol–water partition coefficient (Wildman–Crippen LogP) is 2.85. The number of pyridine rings is 1. The highest BCUT2D eigenvalue weighted by molar-refractivity contribution is 5.40. The molecule has 0 amide bonds. The molecule has 2 aromatic heterocycles. The number of hydrogen-bond acceptors (Lipinski definition) is 5. The Morgan fingerprint density at radius 3 is 2.52 bits per heavy atom. The zero-order valence-electron chi connectivity index (χ0n) is 14.1. The molecule has 3 rings (SSSR count). The molecule has 1 atom stereocenters. The van der Waals surface area contributed by atoms with Gasteiger partial charge in [-0.05, 0) is 38.8 Å². The number of halogens is 3. The first-order valence-corrected chi connectivity index (χ1v) is 8.26. The van der Waals surface area contributed by atoms with Crippen LogP contribution in [0.1, 0.15) is 43.0 Å². The lowest BCUT2D eigenvalue weighted by Crippen LogP contribution is -2.43. The normalized spacial score (nSPS) is 17.7. The largest absolute Gasteiger partial charge is 0.417 e. The molecular formula is C16H21F3N6. The van der Waals surface area contributed by atoms with Crippen molar-refractivity contribution in [2.24, 2.45) is 0 Å². The number of aromatic amines is 1. The maximum absolute atomic E-state index is 12.6. The van der Waals surface area contributed by atoms with Crippen LogP contribution in [0.2, 0.25) is 0 Å². The summed E-state index contributed by atoms with van der Waals surface area (Å²) in [5.41, 5.74) is -0.719. The Morgan fingerprint density at radius 1 is 1.28 bits per heavy atom. The summed E-state index contributed by atoms with van der Waals surface area (Å²) in [5.74, 6) is 2.11. The summed E-state index contributed by atoms with van der Waals surface area (Å²) < 4.78 is 37.8. The van der Waals surface area contributed by atoms with Crippen molar-refractivity contribution in [3.8, 4) is 0 Å². The SMILES string of the molecule is Cc1nc(C(C)NC2CCN(c3ccc(C(F)(F)F)cn3)CC2)n[nH]1. The fourth-order valence-electron chi connectivity index (χ4n) is 3.00. The van der Waals surface area contributed by atoms with E-state index in [1.807, 2.05) is 18.7 Å². The minimum Gasteiger partial charge on any atom is -0.357 e. The van der Waals surface area contributed by atoms with Crippen molar-refractivity contribution in [3.05, 3.63) is 35.5 Å². The molecule has 2 aromatic rings. The lowest BCUT2D eigenvalue weighted by molar-refractivity contribution is -0.137. The van der Waals surface area contributed by atoms with E-state index >= 15 is 0 Å². The Labute approximate surface area is 143 Å². The van der Waals surface area contributed by atoms with E-state index in [2.05, 4.69) is 25.5 Å². The van der Waals surface area contributed by atoms with Gasteiger partial charge in [0.25, 0.3) is 0 Å². The molecule has 0 radical (unpaired) electrons. The van der Waals surface area contributed by atoms with Crippen molar-refractivity contribution in [3.63, 3.8) is 0 Å². The van der Waals surface area contributed by atoms with Gasteiger partial charge in [-0.15, -0.1) is 0 Å². The molecule has 3 heterocycles. The number of nitrogens with zero attached hydrogens (tertiary/aromatic N) is 4. The zero-order chi connectivity index (χ0) is 18.0. The molecule has 1 saturated heterocycles. The molecule has 1 fully saturated rings. The number of hydrogen-bond donors (Lipinski definition) is 2. The van der Waals surface area contributed by atoms with E-state index in [0.717, 1.165) is 49.8 Å². The smallest absolute Gasteiger partial charge is 0.357 e. The van der Waals surface area contributed by atoms with Crippen LogP contribution in [-0.4, -0.2) is 39.3 Å². The first kappa shape index (κ1) is 17.7. The van der Waals surface area contributed by atoms with E-state index in [1.54, 1.807) is 0 Å². The van der Waals surface area contributed by atoms with Gasteiger partial charge < -0.3 is 10.2 Å². The second kappa shape index (κ2) is 6.99. The van der Waals surface area contributed by atoms with Gasteiger partial charge in [-0.3, -0.25) is 5.10 Å². The number of anilines is 1. The van der Waals surface area contributed by atoms with Gasteiger partial charge >= 0.3 is 6.18 Å². The van der Waals surface area contributed by atoms with E-state index in [1.165, 1.54) is 6.07 Å². The molecule has 0 spiro atoms. The summed E-state index contributed by atoms with van der Waals surface area (Å²) in [6.07, 6.45) is -1.68. The number of aryl methyl sites for hydroxylation is 1. The Morgan fingerprint density at radius 2 is 2.00 bits per heavy atom. The third-order valence-electron chi connectivity index (χ3n) is 4.38. The van der Waals surface area contributed by atoms with Gasteiger partial charge in [-0.2, -0.15) is 18.3 Å². The molecule has 6 nitrogen and oxygen atoms in total. The van der Waals surface area contributed by atoms with Crippen LogP contribution >= 0.6 is 0 Å². The third-order valence-corrected chi connectivity index (χ3v) is 4.38. The van der Waals surface area contributed by atoms with Crippen molar-refractivity contribution in [2.75, 3.05) is 18.0 Å². The molecule has 136 valence electrons. The first-order valence-electron chi connectivity index (χ1n) is 8.26. The zero-order valence-corrected chi connectivity index (χ0v) is 14.1. The van der Waals surface area contributed by atoms with Gasteiger partial charge in [0.05, 0.1) is 11.6 Å². The number of rotatable bonds is 4. The van der Waals surface area contributed by atoms with Crippen LogP contribution in [-0.2, 0) is 6.18 Å². The fourth-order valence-corrected chi connectivity index (χ4v) is 3.00. The van der Waals surface area contributed by atoms with E-state index in [9.17, 15) is 13.2 Å². The Balaban J connectivity index is 1.53. The average Bonchev–Trinajstić information content (AvgIpc) is 3.02. The molecule has 0 aromatic carbocycles.